The van der Waals surface area contributed by atoms with Gasteiger partial charge in [-0.1, -0.05) is 172 Å². The molecular formula is C58H41NO. The molecule has 1 aliphatic heterocycles. The molecule has 0 saturated heterocycles. The normalized spacial score (nSPS) is 15.8. The molecule has 9 aromatic rings. The fourth-order valence-corrected chi connectivity index (χ4v) is 10.7. The zero-order valence-corrected chi connectivity index (χ0v) is 33.6. The average Bonchev–Trinajstić information content (AvgIpc) is 3.73. The molecule has 2 heteroatoms. The fourth-order valence-electron chi connectivity index (χ4n) is 10.7. The Morgan fingerprint density at radius 2 is 0.883 bits per heavy atom. The van der Waals surface area contributed by atoms with Crippen molar-refractivity contribution in [2.24, 2.45) is 0 Å². The maximum Gasteiger partial charge on any atom is 0.132 e. The number of hydrogen-bond acceptors (Lipinski definition) is 2. The van der Waals surface area contributed by atoms with E-state index in [1.54, 1.807) is 0 Å². The molecule has 1 heterocycles. The van der Waals surface area contributed by atoms with Gasteiger partial charge in [-0.3, -0.25) is 0 Å². The number of fused-ring (bicyclic) bond motifs is 12. The third kappa shape index (κ3) is 4.88. The Morgan fingerprint density at radius 1 is 0.333 bits per heavy atom. The number of hydrogen-bond donors (Lipinski definition) is 0. The van der Waals surface area contributed by atoms with Crippen molar-refractivity contribution < 1.29 is 4.74 Å². The third-order valence-corrected chi connectivity index (χ3v) is 13.3. The molecule has 1 atom stereocenters. The van der Waals surface area contributed by atoms with Gasteiger partial charge in [-0.05, 0) is 121 Å². The molecular weight excluding hydrogens is 727 g/mol. The highest BCUT2D eigenvalue weighted by molar-refractivity contribution is 5.95. The summed E-state index contributed by atoms with van der Waals surface area (Å²) in [6.07, 6.45) is 0. The van der Waals surface area contributed by atoms with Gasteiger partial charge in [-0.25, -0.2) is 0 Å². The van der Waals surface area contributed by atoms with Crippen molar-refractivity contribution in [1.82, 2.24) is 0 Å². The number of anilines is 3. The molecule has 12 rings (SSSR count). The predicted octanol–water partition coefficient (Wildman–Crippen LogP) is 15.3. The second-order valence-corrected chi connectivity index (χ2v) is 16.8. The van der Waals surface area contributed by atoms with Gasteiger partial charge >= 0.3 is 0 Å². The van der Waals surface area contributed by atoms with Crippen molar-refractivity contribution in [3.8, 4) is 56.0 Å². The second-order valence-electron chi connectivity index (χ2n) is 16.8. The smallest absolute Gasteiger partial charge is 0.132 e. The van der Waals surface area contributed by atoms with Gasteiger partial charge in [0.1, 0.15) is 11.5 Å². The Kier molecular flexibility index (Phi) is 7.52. The summed E-state index contributed by atoms with van der Waals surface area (Å²) in [5.74, 6) is 1.78. The summed E-state index contributed by atoms with van der Waals surface area (Å²) < 4.78 is 6.81. The maximum atomic E-state index is 6.81. The van der Waals surface area contributed by atoms with Crippen LogP contribution in [0.25, 0.3) is 44.5 Å². The second kappa shape index (κ2) is 13.0. The Morgan fingerprint density at radius 3 is 1.67 bits per heavy atom. The van der Waals surface area contributed by atoms with Crippen LogP contribution in [0.4, 0.5) is 17.1 Å². The van der Waals surface area contributed by atoms with E-state index >= 15 is 0 Å². The summed E-state index contributed by atoms with van der Waals surface area (Å²) in [5, 5.41) is 0. The zero-order chi connectivity index (χ0) is 40.0. The molecule has 0 bridgehead atoms. The molecule has 1 unspecified atom stereocenters. The van der Waals surface area contributed by atoms with Crippen molar-refractivity contribution in [2.45, 2.75) is 24.7 Å². The average molecular weight is 768 g/mol. The third-order valence-electron chi connectivity index (χ3n) is 13.3. The highest BCUT2D eigenvalue weighted by Crippen LogP contribution is 2.64. The molecule has 9 aromatic carbocycles. The van der Waals surface area contributed by atoms with Crippen molar-refractivity contribution in [3.05, 3.63) is 246 Å². The van der Waals surface area contributed by atoms with Crippen molar-refractivity contribution in [1.29, 1.82) is 0 Å². The van der Waals surface area contributed by atoms with Crippen LogP contribution in [0, 0.1) is 0 Å². The Bertz CT molecular complexity index is 3150. The minimum Gasteiger partial charge on any atom is -0.457 e. The molecule has 0 saturated carbocycles. The molecule has 0 N–H and O–H groups in total. The quantitative estimate of drug-likeness (QED) is 0.173. The number of para-hydroxylation sites is 2. The van der Waals surface area contributed by atoms with Gasteiger partial charge in [0.15, 0.2) is 0 Å². The van der Waals surface area contributed by atoms with Crippen LogP contribution in [0.2, 0.25) is 0 Å². The summed E-state index contributed by atoms with van der Waals surface area (Å²) in [7, 11) is 0. The number of rotatable bonds is 5. The maximum absolute atomic E-state index is 6.81. The first kappa shape index (κ1) is 34.6. The topological polar surface area (TPSA) is 12.5 Å². The van der Waals surface area contributed by atoms with Gasteiger partial charge in [0.05, 0.1) is 5.41 Å². The lowest BCUT2D eigenvalue weighted by molar-refractivity contribution is 0.436. The lowest BCUT2D eigenvalue weighted by atomic mass is 9.64. The van der Waals surface area contributed by atoms with Crippen LogP contribution < -0.4 is 9.64 Å². The lowest BCUT2D eigenvalue weighted by Crippen LogP contribution is -2.32. The molecule has 1 spiro atoms. The zero-order valence-electron chi connectivity index (χ0n) is 33.6. The molecule has 284 valence electrons. The van der Waals surface area contributed by atoms with Crippen LogP contribution in [-0.4, -0.2) is 0 Å². The van der Waals surface area contributed by atoms with Crippen LogP contribution >= 0.6 is 0 Å². The highest BCUT2D eigenvalue weighted by atomic mass is 16.5. The first-order valence-corrected chi connectivity index (χ1v) is 20.9. The largest absolute Gasteiger partial charge is 0.457 e. The van der Waals surface area contributed by atoms with Gasteiger partial charge in [-0.15, -0.1) is 0 Å². The Hall–Kier alpha value is -7.42. The Balaban J connectivity index is 1.04. The van der Waals surface area contributed by atoms with Crippen LogP contribution in [0.5, 0.6) is 11.5 Å². The van der Waals surface area contributed by atoms with Gasteiger partial charge < -0.3 is 9.64 Å². The van der Waals surface area contributed by atoms with E-state index in [1.165, 1.54) is 66.8 Å². The van der Waals surface area contributed by atoms with E-state index in [9.17, 15) is 0 Å². The minimum atomic E-state index is -0.610. The van der Waals surface area contributed by atoms with Crippen molar-refractivity contribution in [2.75, 3.05) is 4.90 Å². The molecule has 3 aliphatic rings. The first-order valence-electron chi connectivity index (χ1n) is 20.9. The van der Waals surface area contributed by atoms with Gasteiger partial charge in [0.2, 0.25) is 0 Å². The van der Waals surface area contributed by atoms with Gasteiger partial charge in [-0.2, -0.15) is 0 Å². The molecule has 0 amide bonds. The van der Waals surface area contributed by atoms with E-state index in [0.717, 1.165) is 39.7 Å². The van der Waals surface area contributed by atoms with Crippen molar-refractivity contribution in [3.63, 3.8) is 0 Å². The van der Waals surface area contributed by atoms with E-state index in [0.29, 0.717) is 0 Å². The van der Waals surface area contributed by atoms with E-state index in [-0.39, 0.29) is 5.41 Å². The van der Waals surface area contributed by atoms with Crippen LogP contribution in [0.1, 0.15) is 47.2 Å². The number of nitrogens with zero attached hydrogens (tertiary/aromatic N) is 1. The first-order chi connectivity index (χ1) is 29.5. The summed E-state index contributed by atoms with van der Waals surface area (Å²) >= 11 is 0. The molecule has 0 radical (unpaired) electrons. The minimum absolute atomic E-state index is 0.0986. The molecule has 2 aliphatic carbocycles. The molecule has 0 aromatic heterocycles. The van der Waals surface area contributed by atoms with E-state index in [4.69, 9.17) is 4.74 Å². The molecule has 60 heavy (non-hydrogen) atoms. The SMILES string of the molecule is CC1(C)c2ccccc2-c2ccc(N(c3ccccc3)c3ccc(-c4cccc5c4C4(c6ccccc6Oc6ccc(-c7ccccc7)cc64)c4ccccc4-5)cc3)cc21. The van der Waals surface area contributed by atoms with Crippen LogP contribution in [0.15, 0.2) is 212 Å². The summed E-state index contributed by atoms with van der Waals surface area (Å²) in [5.41, 5.74) is 20.2. The summed E-state index contributed by atoms with van der Waals surface area (Å²) in [6, 6.07) is 77.8. The van der Waals surface area contributed by atoms with Gasteiger partial charge in [0.25, 0.3) is 0 Å². The summed E-state index contributed by atoms with van der Waals surface area (Å²) in [4.78, 5) is 2.39. The van der Waals surface area contributed by atoms with Crippen LogP contribution in [0.3, 0.4) is 0 Å². The predicted molar refractivity (Wildman–Crippen MR) is 247 cm³/mol. The van der Waals surface area contributed by atoms with E-state index < -0.39 is 5.41 Å². The van der Waals surface area contributed by atoms with Crippen molar-refractivity contribution >= 4 is 17.1 Å². The summed E-state index contributed by atoms with van der Waals surface area (Å²) in [6.45, 7) is 4.70. The molecule has 0 fully saturated rings. The van der Waals surface area contributed by atoms with Gasteiger partial charge in [0, 0.05) is 33.6 Å². The highest BCUT2D eigenvalue weighted by Gasteiger charge is 2.52. The molecule has 2 nitrogen and oxygen atoms in total. The lowest BCUT2D eigenvalue weighted by Gasteiger charge is -2.40. The number of benzene rings is 9. The van der Waals surface area contributed by atoms with E-state index in [1.807, 2.05) is 0 Å². The van der Waals surface area contributed by atoms with E-state index in [2.05, 4.69) is 231 Å². The monoisotopic (exact) mass is 767 g/mol. The Labute approximate surface area is 351 Å². The standard InChI is InChI=1S/C58H41NO/c1-57(2)49-24-11-9-20-45(49)47-34-33-43(37-52(47)57)59(41-18-7-4-8-19-41)42-31-28-39(29-32-42)44-22-15-23-48-46-21-10-12-25-50(46)58(56(44)48)51-26-13-14-27-54(51)60-55-35-30-40(36-53(55)58)38-16-5-3-6-17-38/h3-37H,1-2H3. The van der Waals surface area contributed by atoms with Crippen LogP contribution in [-0.2, 0) is 10.8 Å². The number of ether oxygens (including phenoxy) is 1. The fraction of sp³-hybridized carbons (Fsp3) is 0.0690.